The highest BCUT2D eigenvalue weighted by atomic mass is 32.1. The first kappa shape index (κ1) is 27.4. The van der Waals surface area contributed by atoms with Gasteiger partial charge >= 0.3 is 17.8 Å². The van der Waals surface area contributed by atoms with Gasteiger partial charge in [-0.3, -0.25) is 13.9 Å². The van der Waals surface area contributed by atoms with Crippen molar-refractivity contribution in [1.29, 1.82) is 0 Å². The molecular weight excluding hydrogens is 462 g/mol. The van der Waals surface area contributed by atoms with Crippen LogP contribution >= 0.6 is 11.3 Å². The second-order valence-electron chi connectivity index (χ2n) is 10.2. The summed E-state index contributed by atoms with van der Waals surface area (Å²) in [5.41, 5.74) is 6.53. The van der Waals surface area contributed by atoms with Gasteiger partial charge in [-0.1, -0.05) is 20.8 Å². The van der Waals surface area contributed by atoms with Crippen molar-refractivity contribution in [2.75, 3.05) is 13.7 Å². The minimum absolute atomic E-state index is 0.100. The summed E-state index contributed by atoms with van der Waals surface area (Å²) in [5.74, 6) is 0. The second kappa shape index (κ2) is 10.2. The molecule has 0 aliphatic heterocycles. The first-order valence-electron chi connectivity index (χ1n) is 10.9. The van der Waals surface area contributed by atoms with Crippen LogP contribution in [-0.4, -0.2) is 45.6 Å². The summed E-state index contributed by atoms with van der Waals surface area (Å²) < 4.78 is 13.1. The second-order valence-corrected chi connectivity index (χ2v) is 11.3. The van der Waals surface area contributed by atoms with Crippen LogP contribution in [0.2, 0.25) is 0 Å². The number of hydrogen-bond acceptors (Lipinski definition) is 7. The molecule has 0 saturated heterocycles. The maximum Gasteiger partial charge on any atom is 0.426 e. The Labute approximate surface area is 202 Å². The lowest BCUT2D eigenvalue weighted by Gasteiger charge is -2.24. The number of nitrogens with two attached hydrogens (primary N) is 1. The highest BCUT2D eigenvalue weighted by Crippen LogP contribution is 2.29. The highest BCUT2D eigenvalue weighted by Gasteiger charge is 2.25. The zero-order valence-electron chi connectivity index (χ0n) is 21.1. The molecule has 3 N–H and O–H groups in total. The minimum atomic E-state index is -0.898. The summed E-state index contributed by atoms with van der Waals surface area (Å²) in [6, 6.07) is -0.898. The number of primary amides is 1. The smallest absolute Gasteiger partial charge is 0.426 e. The zero-order chi connectivity index (χ0) is 26.0. The molecule has 0 radical (unpaired) electrons. The normalized spacial score (nSPS) is 12.1. The molecule has 2 heterocycles. The Balaban J connectivity index is 2.60. The monoisotopic (exact) mass is 497 g/mol. The van der Waals surface area contributed by atoms with E-state index in [-0.39, 0.29) is 31.7 Å². The van der Waals surface area contributed by atoms with Crippen molar-refractivity contribution in [3.05, 3.63) is 31.3 Å². The number of urea groups is 1. The number of thiophene rings is 1. The van der Waals surface area contributed by atoms with Crippen molar-refractivity contribution in [2.24, 2.45) is 11.1 Å². The number of carbonyl (C=O) groups is 2. The minimum Gasteiger partial charge on any atom is -0.443 e. The van der Waals surface area contributed by atoms with Gasteiger partial charge in [0.15, 0.2) is 0 Å². The van der Waals surface area contributed by atoms with Gasteiger partial charge in [0, 0.05) is 18.5 Å². The molecule has 0 aliphatic rings. The van der Waals surface area contributed by atoms with Crippen LogP contribution in [0.15, 0.2) is 9.59 Å². The number of ether oxygens (including phenoxy) is 2. The Morgan fingerprint density at radius 1 is 1.12 bits per heavy atom. The van der Waals surface area contributed by atoms with Gasteiger partial charge in [0.25, 0.3) is 5.56 Å². The number of carbonyl (C=O) groups excluding carboxylic acids is 2. The van der Waals surface area contributed by atoms with Crippen LogP contribution in [0.1, 0.15) is 52.0 Å². The number of nitrogens with one attached hydrogen (secondary N) is 1. The van der Waals surface area contributed by atoms with E-state index < -0.39 is 29.0 Å². The molecule has 190 valence electrons. The van der Waals surface area contributed by atoms with Crippen LogP contribution in [0.3, 0.4) is 0 Å². The van der Waals surface area contributed by atoms with Crippen LogP contribution in [0.25, 0.3) is 10.2 Å². The lowest BCUT2D eigenvalue weighted by atomic mass is 9.97. The predicted molar refractivity (Wildman–Crippen MR) is 131 cm³/mol. The number of amides is 3. The summed E-state index contributed by atoms with van der Waals surface area (Å²) in [6.45, 7) is 13.3. The number of aromatic nitrogens is 2. The van der Waals surface area contributed by atoms with Gasteiger partial charge < -0.3 is 15.2 Å². The van der Waals surface area contributed by atoms with E-state index in [1.807, 2.05) is 20.8 Å². The average Bonchev–Trinajstić information content (AvgIpc) is 2.98. The number of fused-ring (bicyclic) bond motifs is 1. The maximum atomic E-state index is 13.4. The molecule has 12 heteroatoms. The van der Waals surface area contributed by atoms with Crippen LogP contribution < -0.4 is 22.4 Å². The molecule has 11 nitrogen and oxygen atoms in total. The Morgan fingerprint density at radius 3 is 2.24 bits per heavy atom. The SMILES string of the molecule is COCCn1c(=O)n(CC(C)(C)C)c(=O)c2c(C)c(CN(NC(=O)OC(C)(C)C)C(N)=O)sc21. The molecule has 0 saturated carbocycles. The van der Waals surface area contributed by atoms with E-state index in [0.717, 1.165) is 5.01 Å². The van der Waals surface area contributed by atoms with E-state index in [2.05, 4.69) is 5.43 Å². The number of aryl methyl sites for hydroxylation is 1. The Hall–Kier alpha value is -2.86. The summed E-state index contributed by atoms with van der Waals surface area (Å²) in [6.07, 6.45) is -0.838. The van der Waals surface area contributed by atoms with Crippen LogP contribution in [0, 0.1) is 12.3 Å². The predicted octanol–water partition coefficient (Wildman–Crippen LogP) is 2.55. The van der Waals surface area contributed by atoms with Gasteiger partial charge in [-0.15, -0.1) is 11.3 Å². The first-order valence-corrected chi connectivity index (χ1v) is 11.7. The van der Waals surface area contributed by atoms with E-state index in [1.165, 1.54) is 27.6 Å². The van der Waals surface area contributed by atoms with Gasteiger partial charge in [0.05, 0.1) is 25.1 Å². The fourth-order valence-electron chi connectivity index (χ4n) is 3.31. The van der Waals surface area contributed by atoms with E-state index in [0.29, 0.717) is 20.7 Å². The third kappa shape index (κ3) is 6.60. The topological polar surface area (TPSA) is 138 Å². The van der Waals surface area contributed by atoms with Crippen molar-refractivity contribution in [3.63, 3.8) is 0 Å². The zero-order valence-corrected chi connectivity index (χ0v) is 21.9. The number of nitrogens with zero attached hydrogens (tertiary/aromatic N) is 3. The highest BCUT2D eigenvalue weighted by molar-refractivity contribution is 7.18. The fourth-order valence-corrected chi connectivity index (χ4v) is 4.62. The Bertz CT molecular complexity index is 1180. The van der Waals surface area contributed by atoms with E-state index in [9.17, 15) is 19.2 Å². The number of methoxy groups -OCH3 is 1. The van der Waals surface area contributed by atoms with Crippen LogP contribution in [-0.2, 0) is 29.1 Å². The van der Waals surface area contributed by atoms with Gasteiger partial charge in [-0.2, -0.15) is 0 Å². The van der Waals surface area contributed by atoms with Gasteiger partial charge in [-0.05, 0) is 38.7 Å². The largest absolute Gasteiger partial charge is 0.443 e. The molecule has 0 bridgehead atoms. The standard InChI is InChI=1S/C22H35N5O6S/c1-13-14(11-27(18(23)29)24-19(30)33-22(5,6)7)34-17-15(13)16(28)26(12-21(2,3)4)20(31)25(17)9-10-32-8/h9-12H2,1-8H3,(H2,23,29)(H,24,30). The van der Waals surface area contributed by atoms with E-state index >= 15 is 0 Å². The molecule has 0 atom stereocenters. The number of hydrogen-bond donors (Lipinski definition) is 2. The first-order chi connectivity index (χ1) is 15.6. The lowest BCUT2D eigenvalue weighted by Crippen LogP contribution is -2.49. The van der Waals surface area contributed by atoms with Gasteiger partial charge in [0.2, 0.25) is 0 Å². The molecule has 0 spiro atoms. The number of hydrazine groups is 1. The quantitative estimate of drug-likeness (QED) is 0.588. The van der Waals surface area contributed by atoms with E-state index in [4.69, 9.17) is 15.2 Å². The van der Waals surface area contributed by atoms with Gasteiger partial charge in [0.1, 0.15) is 10.4 Å². The summed E-state index contributed by atoms with van der Waals surface area (Å²) in [4.78, 5) is 51.9. The molecule has 0 fully saturated rings. The molecular formula is C22H35N5O6S. The molecule has 2 aromatic rings. The molecule has 34 heavy (non-hydrogen) atoms. The third-order valence-electron chi connectivity index (χ3n) is 4.74. The van der Waals surface area contributed by atoms with Crippen molar-refractivity contribution < 1.29 is 19.1 Å². The molecule has 0 aliphatic carbocycles. The molecule has 0 unspecified atom stereocenters. The maximum absolute atomic E-state index is 13.4. The average molecular weight is 498 g/mol. The molecule has 0 aromatic carbocycles. The summed E-state index contributed by atoms with van der Waals surface area (Å²) >= 11 is 1.19. The van der Waals surface area contributed by atoms with Gasteiger partial charge in [-0.25, -0.2) is 24.8 Å². The van der Waals surface area contributed by atoms with Crippen molar-refractivity contribution in [1.82, 2.24) is 19.6 Å². The lowest BCUT2D eigenvalue weighted by molar-refractivity contribution is 0.0376. The Kier molecular flexibility index (Phi) is 8.20. The molecule has 2 aromatic heterocycles. The van der Waals surface area contributed by atoms with Crippen molar-refractivity contribution in [3.8, 4) is 0 Å². The van der Waals surface area contributed by atoms with E-state index in [1.54, 1.807) is 27.7 Å². The third-order valence-corrected chi connectivity index (χ3v) is 6.04. The Morgan fingerprint density at radius 2 is 1.74 bits per heavy atom. The number of rotatable bonds is 6. The molecule has 3 amide bonds. The fraction of sp³-hybridized carbons (Fsp3) is 0.636. The van der Waals surface area contributed by atoms with Crippen LogP contribution in [0.5, 0.6) is 0 Å². The van der Waals surface area contributed by atoms with Crippen molar-refractivity contribution >= 4 is 33.7 Å². The molecule has 2 rings (SSSR count). The summed E-state index contributed by atoms with van der Waals surface area (Å²) in [5, 5.41) is 1.30. The van der Waals surface area contributed by atoms with Crippen LogP contribution in [0.4, 0.5) is 9.59 Å². The summed E-state index contributed by atoms with van der Waals surface area (Å²) in [7, 11) is 1.53. The van der Waals surface area contributed by atoms with Crippen molar-refractivity contribution in [2.45, 2.75) is 73.7 Å².